The number of sulfonamides is 2. The van der Waals surface area contributed by atoms with E-state index in [-0.39, 0.29) is 33.7 Å². The number of rotatable bonds is 6. The molecule has 0 bridgehead atoms. The van der Waals surface area contributed by atoms with Crippen LogP contribution < -0.4 is 19.1 Å². The number of anilines is 3. The van der Waals surface area contributed by atoms with Crippen molar-refractivity contribution < 1.29 is 31.2 Å². The van der Waals surface area contributed by atoms with Gasteiger partial charge in [-0.1, -0.05) is 6.92 Å². The molecule has 10 nitrogen and oxygen atoms in total. The summed E-state index contributed by atoms with van der Waals surface area (Å²) in [4.78, 5) is 23.1. The molecule has 0 unspecified atom stereocenters. The van der Waals surface area contributed by atoms with E-state index in [2.05, 4.69) is 10.0 Å². The molecule has 0 spiro atoms. The van der Waals surface area contributed by atoms with Crippen LogP contribution in [-0.4, -0.2) is 41.5 Å². The number of benzene rings is 2. The molecule has 2 amide bonds. The summed E-state index contributed by atoms with van der Waals surface area (Å²) in [6, 6.07) is 9.63. The van der Waals surface area contributed by atoms with Crippen molar-refractivity contribution in [3.8, 4) is 5.75 Å². The molecule has 1 aliphatic rings. The van der Waals surface area contributed by atoms with E-state index in [1.807, 2.05) is 0 Å². The normalized spacial score (nSPS) is 18.0. The predicted molar refractivity (Wildman–Crippen MR) is 115 cm³/mol. The van der Waals surface area contributed by atoms with Crippen molar-refractivity contribution in [2.24, 2.45) is 5.92 Å². The van der Waals surface area contributed by atoms with Crippen molar-refractivity contribution in [1.82, 2.24) is 0 Å². The lowest BCUT2D eigenvalue weighted by atomic mass is 10.2. The zero-order chi connectivity index (χ0) is 23.0. The second-order valence-corrected chi connectivity index (χ2v) is 10.5. The average Bonchev–Trinajstić information content (AvgIpc) is 2.89. The number of hydrogen-bond acceptors (Lipinski definition) is 7. The summed E-state index contributed by atoms with van der Waals surface area (Å²) >= 11 is 0. The number of nitrogens with zero attached hydrogens (tertiary/aromatic N) is 1. The maximum Gasteiger partial charge on any atom is 0.265 e. The molecule has 0 aromatic heterocycles. The number of methoxy groups -OCH3 is 1. The van der Waals surface area contributed by atoms with Gasteiger partial charge in [-0.2, -0.15) is 0 Å². The van der Waals surface area contributed by atoms with E-state index in [9.17, 15) is 26.4 Å². The summed E-state index contributed by atoms with van der Waals surface area (Å²) in [6.45, 7) is 2.84. The van der Waals surface area contributed by atoms with Crippen LogP contribution in [0.25, 0.3) is 0 Å². The highest BCUT2D eigenvalue weighted by Crippen LogP contribution is 2.34. The molecule has 0 radical (unpaired) electrons. The largest absolute Gasteiger partial charge is 0.495 e. The van der Waals surface area contributed by atoms with Gasteiger partial charge in [0.05, 0.1) is 24.5 Å². The number of carbonyl (C=O) groups excluding carboxylic acids is 2. The molecule has 2 aromatic carbocycles. The van der Waals surface area contributed by atoms with Crippen molar-refractivity contribution in [2.75, 3.05) is 27.2 Å². The molecular weight excluding hydrogens is 446 g/mol. The van der Waals surface area contributed by atoms with Gasteiger partial charge < -0.3 is 10.1 Å². The van der Waals surface area contributed by atoms with Crippen LogP contribution >= 0.6 is 0 Å². The Morgan fingerprint density at radius 3 is 2.26 bits per heavy atom. The van der Waals surface area contributed by atoms with Crippen molar-refractivity contribution in [3.63, 3.8) is 0 Å². The van der Waals surface area contributed by atoms with Crippen LogP contribution in [0.1, 0.15) is 13.8 Å². The van der Waals surface area contributed by atoms with E-state index in [0.717, 1.165) is 6.07 Å². The van der Waals surface area contributed by atoms with E-state index in [1.54, 1.807) is 0 Å². The van der Waals surface area contributed by atoms with Crippen LogP contribution in [0.3, 0.4) is 0 Å². The summed E-state index contributed by atoms with van der Waals surface area (Å²) in [6.07, 6.45) is 0. The minimum atomic E-state index is -4.21. The Kier molecular flexibility index (Phi) is 5.96. The van der Waals surface area contributed by atoms with Gasteiger partial charge >= 0.3 is 0 Å². The molecule has 0 saturated carbocycles. The van der Waals surface area contributed by atoms with Gasteiger partial charge in [0.25, 0.3) is 10.0 Å². The molecular formula is C19H21N3O7S2. The van der Waals surface area contributed by atoms with Gasteiger partial charge in [-0.15, -0.1) is 0 Å². The SMILES string of the molecule is COc1ccc(N2C(=O)[C@@H](C)CS2(=O)=O)cc1S(=O)(=O)Nc1ccc(NC(C)=O)cc1. The fourth-order valence-electron chi connectivity index (χ4n) is 3.12. The fraction of sp³-hybridized carbons (Fsp3) is 0.263. The molecule has 1 fully saturated rings. The first kappa shape index (κ1) is 22.6. The maximum atomic E-state index is 13.0. The van der Waals surface area contributed by atoms with Gasteiger partial charge in [0.2, 0.25) is 21.8 Å². The summed E-state index contributed by atoms with van der Waals surface area (Å²) in [5.41, 5.74) is 0.610. The van der Waals surface area contributed by atoms with Crippen LogP contribution in [0.5, 0.6) is 5.75 Å². The Labute approximate surface area is 180 Å². The number of nitrogens with one attached hydrogen (secondary N) is 2. The Hall–Kier alpha value is -3.12. The highest BCUT2D eigenvalue weighted by molar-refractivity contribution is 7.94. The second-order valence-electron chi connectivity index (χ2n) is 6.98. The minimum Gasteiger partial charge on any atom is -0.495 e. The van der Waals surface area contributed by atoms with Crippen molar-refractivity contribution in [3.05, 3.63) is 42.5 Å². The monoisotopic (exact) mass is 467 g/mol. The third-order valence-corrected chi connectivity index (χ3v) is 7.76. The molecule has 166 valence electrons. The van der Waals surface area contributed by atoms with Crippen molar-refractivity contribution in [2.45, 2.75) is 18.7 Å². The maximum absolute atomic E-state index is 13.0. The Morgan fingerprint density at radius 1 is 1.13 bits per heavy atom. The summed E-state index contributed by atoms with van der Waals surface area (Å²) in [5, 5.41) is 2.57. The van der Waals surface area contributed by atoms with E-state index >= 15 is 0 Å². The second kappa shape index (κ2) is 8.19. The van der Waals surface area contributed by atoms with E-state index in [0.29, 0.717) is 9.99 Å². The number of carbonyl (C=O) groups is 2. The summed E-state index contributed by atoms with van der Waals surface area (Å²) < 4.78 is 58.9. The quantitative estimate of drug-likeness (QED) is 0.660. The topological polar surface area (TPSA) is 139 Å². The molecule has 1 aliphatic heterocycles. The van der Waals surface area contributed by atoms with Crippen LogP contribution in [0, 0.1) is 5.92 Å². The standard InChI is InChI=1S/C19H21N3O7S2/c1-12-11-30(25,26)22(19(12)24)16-8-9-17(29-3)18(10-16)31(27,28)21-15-6-4-14(5-7-15)20-13(2)23/h4-10,12,21H,11H2,1-3H3,(H,20,23)/t12-/m0/s1. The fourth-order valence-corrected chi connectivity index (χ4v) is 6.18. The predicted octanol–water partition coefficient (Wildman–Crippen LogP) is 1.77. The van der Waals surface area contributed by atoms with E-state index < -0.39 is 31.9 Å². The lowest BCUT2D eigenvalue weighted by molar-refractivity contribution is -0.119. The van der Waals surface area contributed by atoms with Crippen LogP contribution in [0.15, 0.2) is 47.4 Å². The molecule has 12 heteroatoms. The molecule has 3 rings (SSSR count). The third-order valence-electron chi connectivity index (χ3n) is 4.49. The van der Waals surface area contributed by atoms with E-state index in [4.69, 9.17) is 4.74 Å². The summed E-state index contributed by atoms with van der Waals surface area (Å²) in [7, 11) is -6.83. The molecule has 1 atom stereocenters. The Morgan fingerprint density at radius 2 is 1.74 bits per heavy atom. The van der Waals surface area contributed by atoms with Crippen LogP contribution in [0.2, 0.25) is 0 Å². The first-order valence-electron chi connectivity index (χ1n) is 9.10. The third kappa shape index (κ3) is 4.64. The number of hydrogen-bond donors (Lipinski definition) is 2. The van der Waals surface area contributed by atoms with Gasteiger partial charge in [-0.05, 0) is 42.5 Å². The van der Waals surface area contributed by atoms with E-state index in [1.165, 1.54) is 57.4 Å². The highest BCUT2D eigenvalue weighted by Gasteiger charge is 2.42. The van der Waals surface area contributed by atoms with Gasteiger partial charge in [0.1, 0.15) is 10.6 Å². The average molecular weight is 468 g/mol. The van der Waals surface area contributed by atoms with Crippen molar-refractivity contribution >= 4 is 48.9 Å². The summed E-state index contributed by atoms with van der Waals surface area (Å²) in [5.74, 6) is -2.00. The molecule has 2 aromatic rings. The van der Waals surface area contributed by atoms with Crippen LogP contribution in [-0.2, 0) is 29.6 Å². The van der Waals surface area contributed by atoms with Gasteiger partial charge in [0.15, 0.2) is 0 Å². The Balaban J connectivity index is 1.98. The number of ether oxygens (including phenoxy) is 1. The van der Waals surface area contributed by atoms with Gasteiger partial charge in [0, 0.05) is 18.3 Å². The van der Waals surface area contributed by atoms with Gasteiger partial charge in [-0.25, -0.2) is 21.1 Å². The first-order valence-corrected chi connectivity index (χ1v) is 12.2. The highest BCUT2D eigenvalue weighted by atomic mass is 32.2. The smallest absolute Gasteiger partial charge is 0.265 e. The lowest BCUT2D eigenvalue weighted by Gasteiger charge is -2.18. The molecule has 0 aliphatic carbocycles. The molecule has 1 heterocycles. The molecule has 31 heavy (non-hydrogen) atoms. The molecule has 1 saturated heterocycles. The minimum absolute atomic E-state index is 0.0248. The van der Waals surface area contributed by atoms with Gasteiger partial charge in [-0.3, -0.25) is 14.3 Å². The molecule has 2 N–H and O–H groups in total. The lowest BCUT2D eigenvalue weighted by Crippen LogP contribution is -2.30. The van der Waals surface area contributed by atoms with Crippen LogP contribution in [0.4, 0.5) is 17.1 Å². The number of amides is 2. The first-order chi connectivity index (χ1) is 14.4. The zero-order valence-corrected chi connectivity index (χ0v) is 18.6. The van der Waals surface area contributed by atoms with Crippen molar-refractivity contribution in [1.29, 1.82) is 0 Å². The Bertz CT molecular complexity index is 1240. The zero-order valence-electron chi connectivity index (χ0n) is 16.9.